The molecule has 2 rings (SSSR count). The molecule has 0 fully saturated rings. The summed E-state index contributed by atoms with van der Waals surface area (Å²) in [4.78, 5) is 12.4. The molecular weight excluding hydrogens is 333 g/mol. The van der Waals surface area contributed by atoms with Crippen LogP contribution in [0.25, 0.3) is 0 Å². The summed E-state index contributed by atoms with van der Waals surface area (Å²) in [5.74, 6) is -0.736. The van der Waals surface area contributed by atoms with Crippen LogP contribution in [0.4, 0.5) is 10.1 Å². The average molecular weight is 350 g/mol. The highest BCUT2D eigenvalue weighted by Crippen LogP contribution is 2.25. The fraction of sp³-hybridized carbons (Fsp3) is 0.235. The van der Waals surface area contributed by atoms with Crippen molar-refractivity contribution in [3.63, 3.8) is 0 Å². The Morgan fingerprint density at radius 1 is 1.14 bits per heavy atom. The second-order valence-electron chi connectivity index (χ2n) is 4.74. The largest absolute Gasteiger partial charge is 0.321 e. The number of rotatable bonds is 4. The number of nitrogens with one attached hydrogen (secondary N) is 1. The van der Waals surface area contributed by atoms with E-state index in [0.29, 0.717) is 10.0 Å². The molecule has 0 spiro atoms. The molecule has 0 aliphatic carbocycles. The van der Waals surface area contributed by atoms with Crippen molar-refractivity contribution in [1.29, 1.82) is 0 Å². The molecule has 0 saturated carbocycles. The first-order chi connectivity index (χ1) is 10.1. The van der Waals surface area contributed by atoms with Gasteiger partial charge < -0.3 is 5.32 Å². The van der Waals surface area contributed by atoms with Gasteiger partial charge in [-0.15, -0.1) is 0 Å². The lowest BCUT2D eigenvalue weighted by atomic mass is 10.0. The molecule has 1 amide bonds. The number of hydrogen-bond acceptors (Lipinski definition) is 1. The molecule has 0 atom stereocenters. The number of hydrogen-bond donors (Lipinski definition) is 1. The van der Waals surface area contributed by atoms with E-state index in [2.05, 4.69) is 21.2 Å². The quantitative estimate of drug-likeness (QED) is 0.829. The molecule has 0 saturated heterocycles. The maximum absolute atomic E-state index is 13.3. The van der Waals surface area contributed by atoms with Gasteiger partial charge >= 0.3 is 0 Å². The zero-order chi connectivity index (χ0) is 15.4. The van der Waals surface area contributed by atoms with Crippen molar-refractivity contribution in [2.24, 2.45) is 0 Å². The molecule has 0 heterocycles. The Morgan fingerprint density at radius 3 is 2.33 bits per heavy atom. The molecule has 2 aromatic rings. The third kappa shape index (κ3) is 3.50. The first-order valence-electron chi connectivity index (χ1n) is 6.94. The number of aryl methyl sites for hydroxylation is 2. The Morgan fingerprint density at radius 2 is 1.76 bits per heavy atom. The molecule has 0 aliphatic heterocycles. The highest BCUT2D eigenvalue weighted by molar-refractivity contribution is 9.10. The van der Waals surface area contributed by atoms with E-state index in [1.165, 1.54) is 18.2 Å². The summed E-state index contributed by atoms with van der Waals surface area (Å²) in [6.45, 7) is 4.09. The average Bonchev–Trinajstić information content (AvgIpc) is 2.49. The van der Waals surface area contributed by atoms with Crippen molar-refractivity contribution in [3.05, 3.63) is 63.4 Å². The number of anilines is 1. The molecule has 0 bridgehead atoms. The number of carbonyl (C=O) groups excluding carboxylic acids is 1. The molecule has 1 N–H and O–H groups in total. The minimum atomic E-state index is -0.428. The number of benzene rings is 2. The van der Waals surface area contributed by atoms with Crippen LogP contribution in [-0.2, 0) is 12.8 Å². The van der Waals surface area contributed by atoms with Crippen molar-refractivity contribution in [2.75, 3.05) is 5.32 Å². The predicted molar refractivity (Wildman–Crippen MR) is 87.3 cm³/mol. The molecule has 0 aliphatic rings. The van der Waals surface area contributed by atoms with Gasteiger partial charge in [-0.3, -0.25) is 4.79 Å². The van der Waals surface area contributed by atoms with E-state index in [4.69, 9.17) is 0 Å². The number of halogens is 2. The Balaban J connectivity index is 2.38. The summed E-state index contributed by atoms with van der Waals surface area (Å²) in [7, 11) is 0. The monoisotopic (exact) mass is 349 g/mol. The zero-order valence-electron chi connectivity index (χ0n) is 12.0. The van der Waals surface area contributed by atoms with Crippen molar-refractivity contribution >= 4 is 27.5 Å². The Labute approximate surface area is 132 Å². The summed E-state index contributed by atoms with van der Waals surface area (Å²) in [6, 6.07) is 10.1. The van der Waals surface area contributed by atoms with Crippen LogP contribution in [0.2, 0.25) is 0 Å². The van der Waals surface area contributed by atoms with Gasteiger partial charge in [-0.2, -0.15) is 0 Å². The van der Waals surface area contributed by atoms with E-state index in [9.17, 15) is 9.18 Å². The smallest absolute Gasteiger partial charge is 0.256 e. The minimum absolute atomic E-state index is 0.294. The van der Waals surface area contributed by atoms with E-state index in [1.54, 1.807) is 0 Å². The van der Waals surface area contributed by atoms with Gasteiger partial charge in [-0.05, 0) is 58.1 Å². The highest BCUT2D eigenvalue weighted by atomic mass is 79.9. The summed E-state index contributed by atoms with van der Waals surface area (Å²) in [5.41, 5.74) is 3.29. The van der Waals surface area contributed by atoms with Crippen LogP contribution in [-0.4, -0.2) is 5.91 Å². The summed E-state index contributed by atoms with van der Waals surface area (Å²) in [5, 5.41) is 2.93. The third-order valence-electron chi connectivity index (χ3n) is 3.41. The first-order valence-corrected chi connectivity index (χ1v) is 7.73. The fourth-order valence-corrected chi connectivity index (χ4v) is 2.68. The van der Waals surface area contributed by atoms with Crippen molar-refractivity contribution < 1.29 is 9.18 Å². The maximum Gasteiger partial charge on any atom is 0.256 e. The standard InChI is InChI=1S/C17H17BrFNO/c1-3-11-6-5-7-12(4-2)16(11)20-17(21)14-10-13(19)8-9-15(14)18/h5-10H,3-4H2,1-2H3,(H,20,21). The Kier molecular flexibility index (Phi) is 5.12. The third-order valence-corrected chi connectivity index (χ3v) is 4.10. The maximum atomic E-state index is 13.3. The minimum Gasteiger partial charge on any atom is -0.321 e. The fourth-order valence-electron chi connectivity index (χ4n) is 2.26. The Bertz CT molecular complexity index is 648. The van der Waals surface area contributed by atoms with Crippen LogP contribution < -0.4 is 5.32 Å². The molecule has 0 unspecified atom stereocenters. The van der Waals surface area contributed by atoms with Gasteiger partial charge in [0.25, 0.3) is 5.91 Å². The number of amides is 1. The van der Waals surface area contributed by atoms with E-state index in [-0.39, 0.29) is 5.91 Å². The summed E-state index contributed by atoms with van der Waals surface area (Å²) >= 11 is 3.29. The molecule has 110 valence electrons. The van der Waals surface area contributed by atoms with Crippen LogP contribution in [0.1, 0.15) is 35.3 Å². The lowest BCUT2D eigenvalue weighted by molar-refractivity contribution is 0.102. The van der Waals surface area contributed by atoms with Crippen LogP contribution in [0.15, 0.2) is 40.9 Å². The van der Waals surface area contributed by atoms with E-state index < -0.39 is 5.82 Å². The normalized spacial score (nSPS) is 10.5. The Hall–Kier alpha value is -1.68. The van der Waals surface area contributed by atoms with Gasteiger partial charge in [-0.1, -0.05) is 32.0 Å². The van der Waals surface area contributed by atoms with E-state index in [1.807, 2.05) is 32.0 Å². The molecule has 21 heavy (non-hydrogen) atoms. The van der Waals surface area contributed by atoms with E-state index >= 15 is 0 Å². The first kappa shape index (κ1) is 15.7. The topological polar surface area (TPSA) is 29.1 Å². The van der Waals surface area contributed by atoms with Crippen LogP contribution in [0.5, 0.6) is 0 Å². The van der Waals surface area contributed by atoms with Gasteiger partial charge in [0.2, 0.25) is 0 Å². The van der Waals surface area contributed by atoms with Gasteiger partial charge in [0.15, 0.2) is 0 Å². The second-order valence-corrected chi connectivity index (χ2v) is 5.59. The highest BCUT2D eigenvalue weighted by Gasteiger charge is 2.14. The van der Waals surface area contributed by atoms with Crippen LogP contribution in [0, 0.1) is 5.82 Å². The van der Waals surface area contributed by atoms with Gasteiger partial charge in [-0.25, -0.2) is 4.39 Å². The van der Waals surface area contributed by atoms with Crippen LogP contribution >= 0.6 is 15.9 Å². The number of para-hydroxylation sites is 1. The van der Waals surface area contributed by atoms with Gasteiger partial charge in [0.05, 0.1) is 5.56 Å². The van der Waals surface area contributed by atoms with Crippen LogP contribution in [0.3, 0.4) is 0 Å². The molecule has 0 radical (unpaired) electrons. The molecular formula is C17H17BrFNO. The lowest BCUT2D eigenvalue weighted by Crippen LogP contribution is -2.15. The summed E-state index contributed by atoms with van der Waals surface area (Å²) in [6.07, 6.45) is 1.65. The summed E-state index contributed by atoms with van der Waals surface area (Å²) < 4.78 is 13.9. The van der Waals surface area contributed by atoms with Crippen molar-refractivity contribution in [2.45, 2.75) is 26.7 Å². The van der Waals surface area contributed by atoms with Crippen molar-refractivity contribution in [3.8, 4) is 0 Å². The molecule has 2 nitrogen and oxygen atoms in total. The molecule has 0 aromatic heterocycles. The second kappa shape index (κ2) is 6.85. The van der Waals surface area contributed by atoms with Crippen molar-refractivity contribution in [1.82, 2.24) is 0 Å². The van der Waals surface area contributed by atoms with Gasteiger partial charge in [0, 0.05) is 10.2 Å². The molecule has 4 heteroatoms. The van der Waals surface area contributed by atoms with E-state index in [0.717, 1.165) is 29.7 Å². The zero-order valence-corrected chi connectivity index (χ0v) is 13.6. The predicted octanol–water partition coefficient (Wildman–Crippen LogP) is 4.97. The van der Waals surface area contributed by atoms with Gasteiger partial charge in [0.1, 0.15) is 5.82 Å². The number of carbonyl (C=O) groups is 1. The molecule has 2 aromatic carbocycles. The lowest BCUT2D eigenvalue weighted by Gasteiger charge is -2.15. The SMILES string of the molecule is CCc1cccc(CC)c1NC(=O)c1cc(F)ccc1Br.